The average Bonchev–Trinajstić information content (AvgIpc) is 3.29. The van der Waals surface area contributed by atoms with Crippen LogP contribution >= 0.6 is 0 Å². The summed E-state index contributed by atoms with van der Waals surface area (Å²) in [6.07, 6.45) is 1.71. The summed E-state index contributed by atoms with van der Waals surface area (Å²) in [6, 6.07) is 47.7. The van der Waals surface area contributed by atoms with E-state index in [9.17, 15) is 5.26 Å². The van der Waals surface area contributed by atoms with Crippen LogP contribution in [0, 0.1) is 11.3 Å². The molecule has 1 heterocycles. The van der Waals surface area contributed by atoms with E-state index in [0.29, 0.717) is 5.69 Å². The minimum Gasteiger partial charge on any atom is -0.246 e. The lowest BCUT2D eigenvalue weighted by atomic mass is 9.67. The molecule has 0 saturated carbocycles. The highest BCUT2D eigenvalue weighted by molar-refractivity contribution is 6.04. The van der Waals surface area contributed by atoms with Crippen molar-refractivity contribution >= 4 is 10.8 Å². The van der Waals surface area contributed by atoms with Crippen molar-refractivity contribution in [3.63, 3.8) is 0 Å². The van der Waals surface area contributed by atoms with Crippen LogP contribution in [-0.2, 0) is 5.41 Å². The number of hydrogen-bond donors (Lipinski definition) is 0. The number of nitriles is 1. The molecule has 37 heavy (non-hydrogen) atoms. The van der Waals surface area contributed by atoms with E-state index in [4.69, 9.17) is 0 Å². The Balaban J connectivity index is 1.63. The molecule has 1 aliphatic rings. The minimum absolute atomic E-state index is 0.423. The van der Waals surface area contributed by atoms with Gasteiger partial charge in [0.2, 0.25) is 0 Å². The largest absolute Gasteiger partial charge is 0.246 e. The van der Waals surface area contributed by atoms with Crippen molar-refractivity contribution in [3.05, 3.63) is 162 Å². The molecular formula is C35H22N2. The van der Waals surface area contributed by atoms with E-state index in [1.807, 2.05) is 12.1 Å². The first kappa shape index (κ1) is 21.3. The third-order valence-electron chi connectivity index (χ3n) is 7.65. The van der Waals surface area contributed by atoms with Crippen LogP contribution in [0.25, 0.3) is 33.0 Å². The van der Waals surface area contributed by atoms with Gasteiger partial charge < -0.3 is 0 Å². The van der Waals surface area contributed by atoms with Crippen molar-refractivity contribution in [1.82, 2.24) is 4.98 Å². The molecule has 0 bridgehead atoms. The molecule has 0 fully saturated rings. The molecule has 0 radical (unpaired) electrons. The standard InChI is InChI=1S/C35H22N2/c36-23-29-21-26(19-20-37-29)25-16-17-32-31(22-25)34-30-14-8-7-9-24(30)15-18-33(34)35(32,27-10-3-1-4-11-27)28-12-5-2-6-13-28/h1-22H. The van der Waals surface area contributed by atoms with Gasteiger partial charge in [-0.2, -0.15) is 5.26 Å². The molecule has 1 aromatic heterocycles. The summed E-state index contributed by atoms with van der Waals surface area (Å²) in [7, 11) is 0. The van der Waals surface area contributed by atoms with Crippen molar-refractivity contribution in [1.29, 1.82) is 5.26 Å². The van der Waals surface area contributed by atoms with E-state index in [1.165, 1.54) is 44.2 Å². The van der Waals surface area contributed by atoms with E-state index < -0.39 is 5.41 Å². The number of pyridine rings is 1. The molecule has 0 saturated heterocycles. The summed E-state index contributed by atoms with van der Waals surface area (Å²) in [6.45, 7) is 0. The number of nitrogens with zero attached hydrogens (tertiary/aromatic N) is 2. The van der Waals surface area contributed by atoms with Crippen molar-refractivity contribution in [2.75, 3.05) is 0 Å². The fourth-order valence-electron chi connectivity index (χ4n) is 6.11. The van der Waals surface area contributed by atoms with Gasteiger partial charge in [-0.05, 0) is 73.5 Å². The third kappa shape index (κ3) is 3.08. The maximum absolute atomic E-state index is 9.42. The molecule has 0 spiro atoms. The predicted octanol–water partition coefficient (Wildman–Crippen LogP) is 8.14. The maximum Gasteiger partial charge on any atom is 0.141 e. The molecule has 2 heteroatoms. The fraction of sp³-hybridized carbons (Fsp3) is 0.0286. The van der Waals surface area contributed by atoms with Gasteiger partial charge in [0.25, 0.3) is 0 Å². The van der Waals surface area contributed by atoms with Gasteiger partial charge in [0.1, 0.15) is 11.8 Å². The Morgan fingerprint density at radius 2 is 1.24 bits per heavy atom. The van der Waals surface area contributed by atoms with Crippen molar-refractivity contribution < 1.29 is 0 Å². The number of fused-ring (bicyclic) bond motifs is 5. The molecule has 7 rings (SSSR count). The minimum atomic E-state index is -0.439. The average molecular weight is 471 g/mol. The van der Waals surface area contributed by atoms with Gasteiger partial charge in [-0.1, -0.05) is 109 Å². The number of benzene rings is 5. The Morgan fingerprint density at radius 1 is 0.595 bits per heavy atom. The summed E-state index contributed by atoms with van der Waals surface area (Å²) < 4.78 is 0. The lowest BCUT2D eigenvalue weighted by Gasteiger charge is -2.34. The zero-order valence-electron chi connectivity index (χ0n) is 20.1. The van der Waals surface area contributed by atoms with Gasteiger partial charge in [0.15, 0.2) is 0 Å². The van der Waals surface area contributed by atoms with Crippen LogP contribution in [0.2, 0.25) is 0 Å². The van der Waals surface area contributed by atoms with E-state index in [-0.39, 0.29) is 0 Å². The van der Waals surface area contributed by atoms with Crippen LogP contribution in [0.4, 0.5) is 0 Å². The first-order valence-electron chi connectivity index (χ1n) is 12.5. The van der Waals surface area contributed by atoms with Gasteiger partial charge >= 0.3 is 0 Å². The van der Waals surface area contributed by atoms with E-state index in [0.717, 1.165) is 11.1 Å². The normalized spacial score (nSPS) is 13.1. The van der Waals surface area contributed by atoms with Gasteiger partial charge in [-0.3, -0.25) is 0 Å². The van der Waals surface area contributed by atoms with Crippen molar-refractivity contribution in [3.8, 4) is 28.3 Å². The first-order chi connectivity index (χ1) is 18.3. The second kappa shape index (κ2) is 8.29. The molecule has 0 N–H and O–H groups in total. The lowest BCUT2D eigenvalue weighted by Crippen LogP contribution is -2.28. The third-order valence-corrected chi connectivity index (χ3v) is 7.65. The molecule has 0 aliphatic heterocycles. The Morgan fingerprint density at radius 3 is 1.97 bits per heavy atom. The van der Waals surface area contributed by atoms with Gasteiger partial charge in [0, 0.05) is 6.20 Å². The van der Waals surface area contributed by atoms with Crippen LogP contribution in [0.3, 0.4) is 0 Å². The smallest absolute Gasteiger partial charge is 0.141 e. The second-order valence-corrected chi connectivity index (χ2v) is 9.49. The highest BCUT2D eigenvalue weighted by Crippen LogP contribution is 2.58. The molecule has 5 aromatic carbocycles. The van der Waals surface area contributed by atoms with Crippen LogP contribution in [-0.4, -0.2) is 4.98 Å². The molecule has 172 valence electrons. The Bertz CT molecular complexity index is 1790. The van der Waals surface area contributed by atoms with Crippen molar-refractivity contribution in [2.45, 2.75) is 5.41 Å². The fourth-order valence-corrected chi connectivity index (χ4v) is 6.11. The summed E-state index contributed by atoms with van der Waals surface area (Å²) in [5.74, 6) is 0. The topological polar surface area (TPSA) is 36.7 Å². The predicted molar refractivity (Wildman–Crippen MR) is 149 cm³/mol. The van der Waals surface area contributed by atoms with Crippen molar-refractivity contribution in [2.24, 2.45) is 0 Å². The molecule has 0 unspecified atom stereocenters. The van der Waals surface area contributed by atoms with Gasteiger partial charge in [-0.15, -0.1) is 0 Å². The van der Waals surface area contributed by atoms with E-state index >= 15 is 0 Å². The number of rotatable bonds is 3. The summed E-state index contributed by atoms with van der Waals surface area (Å²) >= 11 is 0. The SMILES string of the molecule is N#Cc1cc(-c2ccc3c(c2)-c2c(ccc4ccccc24)C3(c2ccccc2)c2ccccc2)ccn1. The lowest BCUT2D eigenvalue weighted by molar-refractivity contribution is 0.769. The van der Waals surface area contributed by atoms with Crippen LogP contribution in [0.15, 0.2) is 134 Å². The van der Waals surface area contributed by atoms with Gasteiger partial charge in [-0.25, -0.2) is 4.98 Å². The maximum atomic E-state index is 9.42. The monoisotopic (exact) mass is 470 g/mol. The zero-order valence-corrected chi connectivity index (χ0v) is 20.1. The Hall–Kier alpha value is -5.00. The quantitative estimate of drug-likeness (QED) is 0.261. The molecular weight excluding hydrogens is 448 g/mol. The molecule has 0 atom stereocenters. The Kier molecular flexibility index (Phi) is 4.77. The molecule has 1 aliphatic carbocycles. The summed E-state index contributed by atoms with van der Waals surface area (Å²) in [5.41, 5.74) is 9.63. The number of hydrogen-bond acceptors (Lipinski definition) is 2. The highest BCUT2D eigenvalue weighted by atomic mass is 14.7. The number of aromatic nitrogens is 1. The first-order valence-corrected chi connectivity index (χ1v) is 12.5. The van der Waals surface area contributed by atoms with E-state index in [2.05, 4.69) is 126 Å². The van der Waals surface area contributed by atoms with Crippen LogP contribution < -0.4 is 0 Å². The molecule has 2 nitrogen and oxygen atoms in total. The molecule has 0 amide bonds. The summed E-state index contributed by atoms with van der Waals surface area (Å²) in [4.78, 5) is 4.17. The zero-order chi connectivity index (χ0) is 24.8. The summed E-state index contributed by atoms with van der Waals surface area (Å²) in [5, 5.41) is 11.9. The van der Waals surface area contributed by atoms with Gasteiger partial charge in [0.05, 0.1) is 5.41 Å². The molecule has 6 aromatic rings. The van der Waals surface area contributed by atoms with Crippen LogP contribution in [0.1, 0.15) is 27.9 Å². The van der Waals surface area contributed by atoms with Crippen LogP contribution in [0.5, 0.6) is 0 Å². The second-order valence-electron chi connectivity index (χ2n) is 9.49. The van der Waals surface area contributed by atoms with E-state index in [1.54, 1.807) is 6.20 Å². The Labute approximate surface area is 216 Å². The highest BCUT2D eigenvalue weighted by Gasteiger charge is 2.46.